The first-order valence-electron chi connectivity index (χ1n) is 9.43. The Morgan fingerprint density at radius 2 is 1.97 bits per heavy atom. The molecule has 1 heterocycles. The predicted octanol–water partition coefficient (Wildman–Crippen LogP) is 6.52. The quantitative estimate of drug-likeness (QED) is 0.220. The van der Waals surface area contributed by atoms with E-state index in [1.165, 1.54) is 0 Å². The Balaban J connectivity index is 1.98. The zero-order chi connectivity index (χ0) is 21.8. The number of esters is 1. The number of hydrogen-bond donors (Lipinski definition) is 0. The molecule has 8 heteroatoms. The maximum atomic E-state index is 12.4. The van der Waals surface area contributed by atoms with Gasteiger partial charge in [0.15, 0.2) is 17.2 Å². The third-order valence-corrected chi connectivity index (χ3v) is 5.59. The molecule has 1 atom stereocenters. The highest BCUT2D eigenvalue weighted by Gasteiger charge is 2.26. The third kappa shape index (κ3) is 5.28. The summed E-state index contributed by atoms with van der Waals surface area (Å²) in [6.07, 6.45) is 2.41. The van der Waals surface area contributed by atoms with Gasteiger partial charge in [0.2, 0.25) is 5.90 Å². The Kier molecular flexibility index (Phi) is 7.65. The molecule has 0 bridgehead atoms. The van der Waals surface area contributed by atoms with Crippen LogP contribution in [0.2, 0.25) is 10.0 Å². The van der Waals surface area contributed by atoms with Gasteiger partial charge in [0.25, 0.3) is 0 Å². The first-order valence-corrected chi connectivity index (χ1v) is 11.3. The SMILES string of the molecule is CCOc1cc(/C=C2\N=C(c3cc(I)ccc3Cl)OC2=O)cc(Cl)c1OC(C)CC. The lowest BCUT2D eigenvalue weighted by atomic mass is 10.1. The largest absolute Gasteiger partial charge is 0.490 e. The Bertz CT molecular complexity index is 1040. The van der Waals surface area contributed by atoms with Crippen molar-refractivity contribution in [1.29, 1.82) is 0 Å². The zero-order valence-electron chi connectivity index (χ0n) is 16.7. The van der Waals surface area contributed by atoms with E-state index in [4.69, 9.17) is 37.4 Å². The minimum Gasteiger partial charge on any atom is -0.490 e. The van der Waals surface area contributed by atoms with Crippen molar-refractivity contribution in [2.45, 2.75) is 33.3 Å². The fraction of sp³-hybridized carbons (Fsp3) is 0.273. The summed E-state index contributed by atoms with van der Waals surface area (Å²) in [4.78, 5) is 16.7. The third-order valence-electron chi connectivity index (χ3n) is 4.31. The maximum absolute atomic E-state index is 12.4. The Hall–Kier alpha value is -1.77. The number of ether oxygens (including phenoxy) is 3. The second-order valence-corrected chi connectivity index (χ2v) is 8.62. The fourth-order valence-electron chi connectivity index (χ4n) is 2.68. The van der Waals surface area contributed by atoms with Crippen LogP contribution in [0.15, 0.2) is 41.0 Å². The van der Waals surface area contributed by atoms with Crippen LogP contribution in [0, 0.1) is 3.57 Å². The molecular weight excluding hydrogens is 540 g/mol. The number of aliphatic imine (C=N–C) groups is 1. The molecule has 30 heavy (non-hydrogen) atoms. The Morgan fingerprint density at radius 1 is 1.20 bits per heavy atom. The van der Waals surface area contributed by atoms with Gasteiger partial charge in [-0.2, -0.15) is 0 Å². The van der Waals surface area contributed by atoms with Gasteiger partial charge in [-0.05, 0) is 84.8 Å². The highest BCUT2D eigenvalue weighted by Crippen LogP contribution is 2.38. The molecule has 2 aromatic carbocycles. The lowest BCUT2D eigenvalue weighted by molar-refractivity contribution is -0.129. The summed E-state index contributed by atoms with van der Waals surface area (Å²) >= 11 is 14.8. The molecule has 5 nitrogen and oxygen atoms in total. The number of nitrogens with zero attached hydrogens (tertiary/aromatic N) is 1. The molecule has 2 aromatic rings. The van der Waals surface area contributed by atoms with E-state index in [0.717, 1.165) is 9.99 Å². The van der Waals surface area contributed by atoms with Crippen molar-refractivity contribution in [3.05, 3.63) is 60.8 Å². The number of carbonyl (C=O) groups is 1. The normalized spacial score (nSPS) is 15.7. The van der Waals surface area contributed by atoms with Crippen molar-refractivity contribution in [3.63, 3.8) is 0 Å². The van der Waals surface area contributed by atoms with E-state index < -0.39 is 5.97 Å². The van der Waals surface area contributed by atoms with Crippen LogP contribution in [-0.4, -0.2) is 24.6 Å². The average Bonchev–Trinajstić information content (AvgIpc) is 3.06. The molecule has 0 N–H and O–H groups in total. The molecule has 158 valence electrons. The highest BCUT2D eigenvalue weighted by molar-refractivity contribution is 14.1. The molecule has 1 unspecified atom stereocenters. The minimum atomic E-state index is -0.561. The van der Waals surface area contributed by atoms with E-state index in [2.05, 4.69) is 27.6 Å². The van der Waals surface area contributed by atoms with Crippen LogP contribution in [0.3, 0.4) is 0 Å². The van der Waals surface area contributed by atoms with Gasteiger partial charge in [0.1, 0.15) is 0 Å². The van der Waals surface area contributed by atoms with Gasteiger partial charge in [-0.1, -0.05) is 30.1 Å². The summed E-state index contributed by atoms with van der Waals surface area (Å²) in [5, 5.41) is 0.848. The minimum absolute atomic E-state index is 0.0127. The van der Waals surface area contributed by atoms with Crippen LogP contribution in [0.25, 0.3) is 6.08 Å². The van der Waals surface area contributed by atoms with Crippen molar-refractivity contribution in [2.75, 3.05) is 6.61 Å². The van der Waals surface area contributed by atoms with Gasteiger partial charge in [-0.3, -0.25) is 0 Å². The van der Waals surface area contributed by atoms with Crippen LogP contribution in [0.4, 0.5) is 0 Å². The van der Waals surface area contributed by atoms with Gasteiger partial charge in [0, 0.05) is 3.57 Å². The van der Waals surface area contributed by atoms with Crippen molar-refractivity contribution >= 4 is 63.7 Å². The van der Waals surface area contributed by atoms with E-state index in [1.54, 1.807) is 24.3 Å². The van der Waals surface area contributed by atoms with Crippen LogP contribution in [0.1, 0.15) is 38.3 Å². The molecule has 0 aliphatic carbocycles. The zero-order valence-corrected chi connectivity index (χ0v) is 20.3. The predicted molar refractivity (Wildman–Crippen MR) is 128 cm³/mol. The summed E-state index contributed by atoms with van der Waals surface area (Å²) < 4.78 is 17.9. The van der Waals surface area contributed by atoms with Crippen LogP contribution >= 0.6 is 45.8 Å². The molecule has 0 fully saturated rings. The number of carbonyl (C=O) groups excluding carboxylic acids is 1. The van der Waals surface area contributed by atoms with E-state index in [1.807, 2.05) is 32.9 Å². The molecule has 0 spiro atoms. The van der Waals surface area contributed by atoms with E-state index in [-0.39, 0.29) is 17.7 Å². The molecule has 0 radical (unpaired) electrons. The molecule has 1 aliphatic rings. The Labute approximate surface area is 199 Å². The first-order chi connectivity index (χ1) is 14.3. The molecule has 1 aliphatic heterocycles. The van der Waals surface area contributed by atoms with E-state index in [0.29, 0.717) is 39.3 Å². The molecule has 0 saturated heterocycles. The van der Waals surface area contributed by atoms with Crippen molar-refractivity contribution in [2.24, 2.45) is 4.99 Å². The summed E-state index contributed by atoms with van der Waals surface area (Å²) in [5.74, 6) is 0.601. The van der Waals surface area contributed by atoms with E-state index in [9.17, 15) is 4.79 Å². The highest BCUT2D eigenvalue weighted by atomic mass is 127. The van der Waals surface area contributed by atoms with Gasteiger partial charge >= 0.3 is 5.97 Å². The van der Waals surface area contributed by atoms with Gasteiger partial charge in [-0.15, -0.1) is 0 Å². The molecule has 0 amide bonds. The van der Waals surface area contributed by atoms with Gasteiger partial charge < -0.3 is 14.2 Å². The standard InChI is InChI=1S/C22H20Cl2INO4/c1-4-12(3)29-20-17(24)8-13(10-19(20)28-5-2)9-18-22(27)30-21(26-18)15-11-14(25)6-7-16(15)23/h6-12H,4-5H2,1-3H3/b18-9-. The maximum Gasteiger partial charge on any atom is 0.363 e. The molecule has 3 rings (SSSR count). The molecule has 0 aromatic heterocycles. The molecule has 0 saturated carbocycles. The number of cyclic esters (lactones) is 1. The smallest absolute Gasteiger partial charge is 0.363 e. The topological polar surface area (TPSA) is 57.1 Å². The lowest BCUT2D eigenvalue weighted by Crippen LogP contribution is -2.11. The van der Waals surface area contributed by atoms with Crippen molar-refractivity contribution in [3.8, 4) is 11.5 Å². The van der Waals surface area contributed by atoms with Crippen LogP contribution < -0.4 is 9.47 Å². The molecular formula is C22H20Cl2INO4. The number of benzene rings is 2. The number of halogens is 3. The second kappa shape index (κ2) is 10.0. The summed E-state index contributed by atoms with van der Waals surface area (Å²) in [5.41, 5.74) is 1.35. The summed E-state index contributed by atoms with van der Waals surface area (Å²) in [6.45, 7) is 6.31. The first kappa shape index (κ1) is 22.9. The lowest BCUT2D eigenvalue weighted by Gasteiger charge is -2.18. The second-order valence-electron chi connectivity index (χ2n) is 6.56. The summed E-state index contributed by atoms with van der Waals surface area (Å²) in [6, 6.07) is 8.87. The number of hydrogen-bond acceptors (Lipinski definition) is 5. The van der Waals surface area contributed by atoms with E-state index >= 15 is 0 Å². The Morgan fingerprint density at radius 3 is 2.67 bits per heavy atom. The summed E-state index contributed by atoms with van der Waals surface area (Å²) in [7, 11) is 0. The van der Waals surface area contributed by atoms with Crippen molar-refractivity contribution in [1.82, 2.24) is 0 Å². The van der Waals surface area contributed by atoms with Gasteiger partial charge in [0.05, 0.1) is 28.3 Å². The van der Waals surface area contributed by atoms with Crippen molar-refractivity contribution < 1.29 is 19.0 Å². The van der Waals surface area contributed by atoms with Gasteiger partial charge in [-0.25, -0.2) is 9.79 Å². The average molecular weight is 560 g/mol. The monoisotopic (exact) mass is 559 g/mol. The van der Waals surface area contributed by atoms with Crippen LogP contribution in [0.5, 0.6) is 11.5 Å². The number of rotatable bonds is 7. The van der Waals surface area contributed by atoms with Crippen LogP contribution in [-0.2, 0) is 9.53 Å². The fourth-order valence-corrected chi connectivity index (χ4v) is 3.63.